The highest BCUT2D eigenvalue weighted by Crippen LogP contribution is 2.45. The number of carbonyl (C=O) groups excluding carboxylic acids is 2. The van der Waals surface area contributed by atoms with Crippen LogP contribution in [0.15, 0.2) is 30.3 Å². The fourth-order valence-electron chi connectivity index (χ4n) is 5.96. The van der Waals surface area contributed by atoms with E-state index in [-0.39, 0.29) is 23.8 Å². The summed E-state index contributed by atoms with van der Waals surface area (Å²) in [5, 5.41) is 3.25. The van der Waals surface area contributed by atoms with Crippen LogP contribution in [0.4, 0.5) is 0 Å². The minimum absolute atomic E-state index is 0.0536. The van der Waals surface area contributed by atoms with E-state index >= 15 is 0 Å². The van der Waals surface area contributed by atoms with Gasteiger partial charge in [-0.3, -0.25) is 14.5 Å². The lowest BCUT2D eigenvalue weighted by molar-refractivity contribution is -0.146. The monoisotopic (exact) mass is 398 g/mol. The van der Waals surface area contributed by atoms with Crippen LogP contribution in [0.3, 0.4) is 0 Å². The van der Waals surface area contributed by atoms with Crippen LogP contribution < -0.4 is 5.32 Å². The lowest BCUT2D eigenvalue weighted by atomic mass is 9.80. The van der Waals surface area contributed by atoms with Crippen LogP contribution in [-0.4, -0.2) is 49.6 Å². The number of hydrogen-bond acceptors (Lipinski definition) is 4. The fraction of sp³-hybridized carbons (Fsp3) is 0.667. The predicted molar refractivity (Wildman–Crippen MR) is 112 cm³/mol. The number of ether oxygens (including phenoxy) is 1. The average molecular weight is 399 g/mol. The Balaban J connectivity index is 1.31. The van der Waals surface area contributed by atoms with E-state index in [0.29, 0.717) is 24.3 Å². The SMILES string of the molecule is COC(=O)C1CC2CCCCC2C1NC(=O)CN1CCC(c2ccccc2)CC1. The van der Waals surface area contributed by atoms with Crippen LogP contribution in [0, 0.1) is 17.8 Å². The van der Waals surface area contributed by atoms with E-state index in [2.05, 4.69) is 40.5 Å². The van der Waals surface area contributed by atoms with Crippen LogP contribution in [0.1, 0.15) is 56.4 Å². The summed E-state index contributed by atoms with van der Waals surface area (Å²) in [7, 11) is 1.46. The molecule has 4 atom stereocenters. The minimum Gasteiger partial charge on any atom is -0.469 e. The molecule has 0 spiro atoms. The predicted octanol–water partition coefficient (Wildman–Crippen LogP) is 3.35. The molecule has 1 N–H and O–H groups in total. The van der Waals surface area contributed by atoms with Crippen molar-refractivity contribution in [1.82, 2.24) is 10.2 Å². The van der Waals surface area contributed by atoms with Gasteiger partial charge in [-0.1, -0.05) is 49.6 Å². The van der Waals surface area contributed by atoms with Crippen molar-refractivity contribution >= 4 is 11.9 Å². The summed E-state index contributed by atoms with van der Waals surface area (Å²) < 4.78 is 5.06. The van der Waals surface area contributed by atoms with Gasteiger partial charge in [-0.25, -0.2) is 0 Å². The Bertz CT molecular complexity index is 699. The van der Waals surface area contributed by atoms with Crippen molar-refractivity contribution in [2.75, 3.05) is 26.7 Å². The Morgan fingerprint density at radius 2 is 1.79 bits per heavy atom. The van der Waals surface area contributed by atoms with E-state index in [0.717, 1.165) is 38.8 Å². The first-order valence-corrected chi connectivity index (χ1v) is 11.3. The highest BCUT2D eigenvalue weighted by atomic mass is 16.5. The normalized spacial score (nSPS) is 30.5. The zero-order valence-corrected chi connectivity index (χ0v) is 17.5. The zero-order valence-electron chi connectivity index (χ0n) is 17.5. The van der Waals surface area contributed by atoms with Gasteiger partial charge in [0, 0.05) is 6.04 Å². The van der Waals surface area contributed by atoms with E-state index in [1.807, 2.05) is 0 Å². The maximum Gasteiger partial charge on any atom is 0.310 e. The van der Waals surface area contributed by atoms with E-state index in [1.54, 1.807) is 0 Å². The first kappa shape index (κ1) is 20.4. The number of benzene rings is 1. The molecule has 4 unspecified atom stereocenters. The van der Waals surface area contributed by atoms with Crippen molar-refractivity contribution in [1.29, 1.82) is 0 Å². The van der Waals surface area contributed by atoms with Crippen molar-refractivity contribution in [3.05, 3.63) is 35.9 Å². The Labute approximate surface area is 174 Å². The Kier molecular flexibility index (Phi) is 6.53. The molecule has 0 bridgehead atoms. The molecule has 1 amide bonds. The molecule has 2 aliphatic carbocycles. The molecule has 1 aliphatic heterocycles. The lowest BCUT2D eigenvalue weighted by Gasteiger charge is -2.33. The number of piperidine rings is 1. The van der Waals surface area contributed by atoms with Crippen LogP contribution >= 0.6 is 0 Å². The average Bonchev–Trinajstić information content (AvgIpc) is 3.12. The highest BCUT2D eigenvalue weighted by Gasteiger charge is 2.48. The third-order valence-electron chi connectivity index (χ3n) is 7.48. The van der Waals surface area contributed by atoms with Gasteiger partial charge in [0.2, 0.25) is 5.91 Å². The van der Waals surface area contributed by atoms with Gasteiger partial charge in [0.05, 0.1) is 19.6 Å². The molecule has 1 aromatic carbocycles. The number of esters is 1. The lowest BCUT2D eigenvalue weighted by Crippen LogP contribution is -2.49. The van der Waals surface area contributed by atoms with Crippen molar-refractivity contribution in [3.63, 3.8) is 0 Å². The van der Waals surface area contributed by atoms with Crippen molar-refractivity contribution in [2.24, 2.45) is 17.8 Å². The van der Waals surface area contributed by atoms with Crippen LogP contribution in [0.2, 0.25) is 0 Å². The zero-order chi connectivity index (χ0) is 20.2. The van der Waals surface area contributed by atoms with E-state index in [4.69, 9.17) is 4.74 Å². The van der Waals surface area contributed by atoms with E-state index < -0.39 is 0 Å². The highest BCUT2D eigenvalue weighted by molar-refractivity contribution is 5.80. The maximum atomic E-state index is 12.8. The van der Waals surface area contributed by atoms with Gasteiger partial charge in [-0.05, 0) is 62.1 Å². The van der Waals surface area contributed by atoms with Crippen molar-refractivity contribution in [3.8, 4) is 0 Å². The standard InChI is InChI=1S/C24H34N2O3/c1-29-24(28)21-15-19-9-5-6-10-20(19)23(21)25-22(27)16-26-13-11-18(12-14-26)17-7-3-2-4-8-17/h2-4,7-8,18-21,23H,5-6,9-16H2,1H3,(H,25,27). The second kappa shape index (κ2) is 9.29. The molecule has 0 aromatic heterocycles. The number of nitrogens with zero attached hydrogens (tertiary/aromatic N) is 1. The molecule has 1 aromatic rings. The summed E-state index contributed by atoms with van der Waals surface area (Å²) in [5.41, 5.74) is 1.41. The molecule has 3 aliphatic rings. The molecule has 158 valence electrons. The van der Waals surface area contributed by atoms with Crippen LogP contribution in [0.5, 0.6) is 0 Å². The molecule has 1 heterocycles. The van der Waals surface area contributed by atoms with Gasteiger partial charge < -0.3 is 10.1 Å². The van der Waals surface area contributed by atoms with Gasteiger partial charge in [-0.15, -0.1) is 0 Å². The third kappa shape index (κ3) is 4.66. The molecule has 29 heavy (non-hydrogen) atoms. The Morgan fingerprint density at radius 1 is 1.07 bits per heavy atom. The molecule has 4 rings (SSSR count). The Morgan fingerprint density at radius 3 is 2.52 bits per heavy atom. The number of amides is 1. The summed E-state index contributed by atoms with van der Waals surface area (Å²) in [4.78, 5) is 27.4. The maximum absolute atomic E-state index is 12.8. The summed E-state index contributed by atoms with van der Waals surface area (Å²) in [6.45, 7) is 2.33. The molecule has 3 fully saturated rings. The third-order valence-corrected chi connectivity index (χ3v) is 7.48. The van der Waals surface area contributed by atoms with Gasteiger partial charge in [0.15, 0.2) is 0 Å². The largest absolute Gasteiger partial charge is 0.469 e. The molecule has 1 saturated heterocycles. The summed E-state index contributed by atoms with van der Waals surface area (Å²) >= 11 is 0. The van der Waals surface area contributed by atoms with E-state index in [9.17, 15) is 9.59 Å². The molecule has 0 radical (unpaired) electrons. The quantitative estimate of drug-likeness (QED) is 0.773. The van der Waals surface area contributed by atoms with Crippen molar-refractivity contribution in [2.45, 2.75) is 56.9 Å². The topological polar surface area (TPSA) is 58.6 Å². The molecule has 2 saturated carbocycles. The fourth-order valence-corrected chi connectivity index (χ4v) is 5.96. The number of carbonyl (C=O) groups is 2. The van der Waals surface area contributed by atoms with Crippen molar-refractivity contribution < 1.29 is 14.3 Å². The minimum atomic E-state index is -0.180. The number of rotatable bonds is 5. The first-order valence-electron chi connectivity index (χ1n) is 11.3. The number of hydrogen-bond donors (Lipinski definition) is 1. The first-order chi connectivity index (χ1) is 14.2. The molecular formula is C24H34N2O3. The molecular weight excluding hydrogens is 364 g/mol. The molecule has 5 heteroatoms. The summed E-state index contributed by atoms with van der Waals surface area (Å²) in [6.07, 6.45) is 7.79. The van der Waals surface area contributed by atoms with Crippen LogP contribution in [-0.2, 0) is 14.3 Å². The number of nitrogens with one attached hydrogen (secondary N) is 1. The number of fused-ring (bicyclic) bond motifs is 1. The summed E-state index contributed by atoms with van der Waals surface area (Å²) in [5.74, 6) is 1.31. The number of likely N-dealkylation sites (tertiary alicyclic amines) is 1. The smallest absolute Gasteiger partial charge is 0.310 e. The molecule has 5 nitrogen and oxygen atoms in total. The second-order valence-electron chi connectivity index (χ2n) is 9.13. The number of methoxy groups -OCH3 is 1. The van der Waals surface area contributed by atoms with Crippen LogP contribution in [0.25, 0.3) is 0 Å². The van der Waals surface area contributed by atoms with Gasteiger partial charge in [-0.2, -0.15) is 0 Å². The van der Waals surface area contributed by atoms with E-state index in [1.165, 1.54) is 31.9 Å². The van der Waals surface area contributed by atoms with Gasteiger partial charge >= 0.3 is 5.97 Å². The second-order valence-corrected chi connectivity index (χ2v) is 9.13. The Hall–Kier alpha value is -1.88. The van der Waals surface area contributed by atoms with Gasteiger partial charge in [0.1, 0.15) is 0 Å². The van der Waals surface area contributed by atoms with Gasteiger partial charge in [0.25, 0.3) is 0 Å². The summed E-state index contributed by atoms with van der Waals surface area (Å²) in [6, 6.07) is 10.6.